The molecule has 0 fully saturated rings. The van der Waals surface area contributed by atoms with Crippen LogP contribution in [0.4, 0.5) is 0 Å². The van der Waals surface area contributed by atoms with Crippen molar-refractivity contribution < 1.29 is 9.53 Å². The standard InChI is InChI=1S/C10H12N2O2S/c1-14-10(13)8-6-15-9(12-8)7-2-4-11-5-3-7/h2,6,11H,3-5H2,1H3. The average molecular weight is 224 g/mol. The highest BCUT2D eigenvalue weighted by Gasteiger charge is 2.14. The first-order chi connectivity index (χ1) is 7.31. The zero-order chi connectivity index (χ0) is 10.7. The van der Waals surface area contributed by atoms with Crippen LogP contribution in [0.25, 0.3) is 5.57 Å². The summed E-state index contributed by atoms with van der Waals surface area (Å²) in [7, 11) is 1.37. The molecule has 0 unspecified atom stereocenters. The molecule has 0 saturated heterocycles. The van der Waals surface area contributed by atoms with E-state index in [1.165, 1.54) is 24.0 Å². The molecule has 0 aliphatic carbocycles. The van der Waals surface area contributed by atoms with Crippen LogP contribution in [0.2, 0.25) is 0 Å². The molecule has 0 amide bonds. The Morgan fingerprint density at radius 1 is 1.67 bits per heavy atom. The van der Waals surface area contributed by atoms with E-state index in [0.29, 0.717) is 5.69 Å². The van der Waals surface area contributed by atoms with Gasteiger partial charge in [0.15, 0.2) is 5.69 Å². The van der Waals surface area contributed by atoms with E-state index in [2.05, 4.69) is 21.1 Å². The van der Waals surface area contributed by atoms with Crippen LogP contribution < -0.4 is 5.32 Å². The first kappa shape index (κ1) is 10.3. The SMILES string of the molecule is COC(=O)c1csc(C2=CCNCC2)n1. The third-order valence-electron chi connectivity index (χ3n) is 2.24. The maximum Gasteiger partial charge on any atom is 0.357 e. The number of thiazole rings is 1. The molecule has 80 valence electrons. The molecule has 0 radical (unpaired) electrons. The van der Waals surface area contributed by atoms with Gasteiger partial charge in [0.05, 0.1) is 7.11 Å². The maximum atomic E-state index is 11.2. The monoisotopic (exact) mass is 224 g/mol. The number of methoxy groups -OCH3 is 1. The Morgan fingerprint density at radius 2 is 2.53 bits per heavy atom. The van der Waals surface area contributed by atoms with E-state index >= 15 is 0 Å². The normalized spacial score (nSPS) is 15.9. The molecule has 2 heterocycles. The predicted octanol–water partition coefficient (Wildman–Crippen LogP) is 1.31. The van der Waals surface area contributed by atoms with Crippen LogP contribution in [0.5, 0.6) is 0 Å². The van der Waals surface area contributed by atoms with Crippen molar-refractivity contribution in [3.63, 3.8) is 0 Å². The van der Waals surface area contributed by atoms with Gasteiger partial charge in [0.1, 0.15) is 5.01 Å². The summed E-state index contributed by atoms with van der Waals surface area (Å²) in [6.07, 6.45) is 3.08. The van der Waals surface area contributed by atoms with E-state index in [9.17, 15) is 4.79 Å². The second kappa shape index (κ2) is 4.55. The fourth-order valence-corrected chi connectivity index (χ4v) is 2.30. The molecule has 5 heteroatoms. The fourth-order valence-electron chi connectivity index (χ4n) is 1.44. The second-order valence-electron chi connectivity index (χ2n) is 3.21. The van der Waals surface area contributed by atoms with Gasteiger partial charge < -0.3 is 10.1 Å². The number of rotatable bonds is 2. The lowest BCUT2D eigenvalue weighted by Gasteiger charge is -2.10. The van der Waals surface area contributed by atoms with Gasteiger partial charge in [0.2, 0.25) is 0 Å². The van der Waals surface area contributed by atoms with E-state index in [-0.39, 0.29) is 5.97 Å². The molecular weight excluding hydrogens is 212 g/mol. The van der Waals surface area contributed by atoms with Gasteiger partial charge in [0.25, 0.3) is 0 Å². The van der Waals surface area contributed by atoms with Gasteiger partial charge in [-0.2, -0.15) is 0 Å². The molecule has 1 aromatic rings. The average Bonchev–Trinajstić information content (AvgIpc) is 2.78. The molecule has 2 rings (SSSR count). The van der Waals surface area contributed by atoms with Crippen LogP contribution in [0, 0.1) is 0 Å². The van der Waals surface area contributed by atoms with Crippen LogP contribution in [-0.2, 0) is 4.74 Å². The smallest absolute Gasteiger partial charge is 0.357 e. The molecule has 4 nitrogen and oxygen atoms in total. The Hall–Kier alpha value is -1.20. The van der Waals surface area contributed by atoms with E-state index in [4.69, 9.17) is 0 Å². The molecule has 1 aromatic heterocycles. The minimum atomic E-state index is -0.368. The molecule has 0 saturated carbocycles. The van der Waals surface area contributed by atoms with Crippen molar-refractivity contribution in [1.29, 1.82) is 0 Å². The van der Waals surface area contributed by atoms with Crippen molar-refractivity contribution in [2.45, 2.75) is 6.42 Å². The topological polar surface area (TPSA) is 51.2 Å². The summed E-state index contributed by atoms with van der Waals surface area (Å²) in [5.41, 5.74) is 1.62. The number of nitrogens with one attached hydrogen (secondary N) is 1. The number of carbonyl (C=O) groups excluding carboxylic acids is 1. The van der Waals surface area contributed by atoms with Crippen molar-refractivity contribution in [3.8, 4) is 0 Å². The number of carbonyl (C=O) groups is 1. The predicted molar refractivity (Wildman–Crippen MR) is 58.9 cm³/mol. The molecule has 1 aliphatic rings. The van der Waals surface area contributed by atoms with E-state index in [0.717, 1.165) is 24.5 Å². The first-order valence-corrected chi connectivity index (χ1v) is 5.63. The molecule has 15 heavy (non-hydrogen) atoms. The van der Waals surface area contributed by atoms with Crippen molar-refractivity contribution in [2.24, 2.45) is 0 Å². The van der Waals surface area contributed by atoms with Gasteiger partial charge in [-0.05, 0) is 18.5 Å². The summed E-state index contributed by atoms with van der Waals surface area (Å²) in [4.78, 5) is 15.5. The summed E-state index contributed by atoms with van der Waals surface area (Å²) >= 11 is 1.49. The van der Waals surface area contributed by atoms with Crippen LogP contribution in [0.15, 0.2) is 11.5 Å². The van der Waals surface area contributed by atoms with Crippen molar-refractivity contribution in [2.75, 3.05) is 20.2 Å². The summed E-state index contributed by atoms with van der Waals surface area (Å²) in [5, 5.41) is 5.90. The fraction of sp³-hybridized carbons (Fsp3) is 0.400. The molecule has 1 N–H and O–H groups in total. The van der Waals surface area contributed by atoms with E-state index < -0.39 is 0 Å². The number of esters is 1. The lowest BCUT2D eigenvalue weighted by atomic mass is 10.1. The number of hydrogen-bond donors (Lipinski definition) is 1. The van der Waals surface area contributed by atoms with E-state index in [1.807, 2.05) is 0 Å². The molecule has 0 aromatic carbocycles. The largest absolute Gasteiger partial charge is 0.464 e. The van der Waals surface area contributed by atoms with Crippen LogP contribution >= 0.6 is 11.3 Å². The molecule has 1 aliphatic heterocycles. The Labute approximate surface area is 92.0 Å². The summed E-state index contributed by atoms with van der Waals surface area (Å²) in [6, 6.07) is 0. The van der Waals surface area contributed by atoms with Gasteiger partial charge in [-0.15, -0.1) is 11.3 Å². The minimum Gasteiger partial charge on any atom is -0.464 e. The van der Waals surface area contributed by atoms with Crippen molar-refractivity contribution >= 4 is 22.9 Å². The summed E-state index contributed by atoms with van der Waals surface area (Å²) in [5.74, 6) is -0.368. The minimum absolute atomic E-state index is 0.368. The zero-order valence-corrected chi connectivity index (χ0v) is 9.26. The highest BCUT2D eigenvalue weighted by Crippen LogP contribution is 2.23. The molecule has 0 bridgehead atoms. The van der Waals surface area contributed by atoms with Crippen molar-refractivity contribution in [1.82, 2.24) is 10.3 Å². The Morgan fingerprint density at radius 3 is 3.20 bits per heavy atom. The molecule has 0 spiro atoms. The van der Waals surface area contributed by atoms with Gasteiger partial charge in [0, 0.05) is 11.9 Å². The summed E-state index contributed by atoms with van der Waals surface area (Å²) in [6.45, 7) is 1.85. The number of hydrogen-bond acceptors (Lipinski definition) is 5. The third kappa shape index (κ3) is 2.24. The van der Waals surface area contributed by atoms with E-state index in [1.54, 1.807) is 5.38 Å². The highest BCUT2D eigenvalue weighted by molar-refractivity contribution is 7.11. The maximum absolute atomic E-state index is 11.2. The second-order valence-corrected chi connectivity index (χ2v) is 4.07. The van der Waals surface area contributed by atoms with Gasteiger partial charge in [-0.25, -0.2) is 9.78 Å². The zero-order valence-electron chi connectivity index (χ0n) is 8.45. The van der Waals surface area contributed by atoms with Crippen molar-refractivity contribution in [3.05, 3.63) is 22.2 Å². The molecular formula is C10H12N2O2S. The molecule has 0 atom stereocenters. The first-order valence-electron chi connectivity index (χ1n) is 4.75. The lowest BCUT2D eigenvalue weighted by molar-refractivity contribution is 0.0595. The van der Waals surface area contributed by atoms with Crippen LogP contribution in [0.3, 0.4) is 0 Å². The van der Waals surface area contributed by atoms with Gasteiger partial charge in [-0.3, -0.25) is 0 Å². The Bertz CT molecular complexity index is 398. The summed E-state index contributed by atoms with van der Waals surface area (Å²) < 4.78 is 4.61. The Kier molecular flexibility index (Phi) is 3.13. The lowest BCUT2D eigenvalue weighted by Crippen LogP contribution is -2.20. The Balaban J connectivity index is 2.19. The van der Waals surface area contributed by atoms with Gasteiger partial charge >= 0.3 is 5.97 Å². The van der Waals surface area contributed by atoms with Crippen LogP contribution in [0.1, 0.15) is 21.9 Å². The third-order valence-corrected chi connectivity index (χ3v) is 3.16. The number of ether oxygens (including phenoxy) is 1. The quantitative estimate of drug-likeness (QED) is 0.769. The number of aromatic nitrogens is 1. The van der Waals surface area contributed by atoms with Crippen LogP contribution in [-0.4, -0.2) is 31.2 Å². The number of nitrogens with zero attached hydrogens (tertiary/aromatic N) is 1. The van der Waals surface area contributed by atoms with Gasteiger partial charge in [-0.1, -0.05) is 6.08 Å². The highest BCUT2D eigenvalue weighted by atomic mass is 32.1.